The van der Waals surface area contributed by atoms with Crippen molar-refractivity contribution >= 4 is 0 Å². The summed E-state index contributed by atoms with van der Waals surface area (Å²) in [5.41, 5.74) is 8.24. The number of ether oxygens (including phenoxy) is 2. The Morgan fingerprint density at radius 1 is 1.31 bits per heavy atom. The molecule has 0 bridgehead atoms. The van der Waals surface area contributed by atoms with Gasteiger partial charge in [0, 0.05) is 17.5 Å². The van der Waals surface area contributed by atoms with Crippen LogP contribution in [0.1, 0.15) is 37.9 Å². The zero-order valence-corrected chi connectivity index (χ0v) is 9.91. The van der Waals surface area contributed by atoms with E-state index in [1.54, 1.807) is 0 Å². The third kappa shape index (κ3) is 1.24. The van der Waals surface area contributed by atoms with Gasteiger partial charge < -0.3 is 15.2 Å². The molecule has 1 aromatic carbocycles. The maximum atomic E-state index is 6.07. The smallest absolute Gasteiger partial charge is 0.166 e. The Balaban J connectivity index is 2.12. The average molecular weight is 219 g/mol. The lowest BCUT2D eigenvalue weighted by Crippen LogP contribution is -2.24. The Kier molecular flexibility index (Phi) is 1.82. The van der Waals surface area contributed by atoms with Crippen LogP contribution in [-0.4, -0.2) is 11.7 Å². The molecular weight excluding hydrogens is 202 g/mol. The second kappa shape index (κ2) is 2.92. The second-order valence-corrected chi connectivity index (χ2v) is 5.36. The van der Waals surface area contributed by atoms with Gasteiger partial charge in [0.25, 0.3) is 0 Å². The number of hydrogen-bond acceptors (Lipinski definition) is 3. The average Bonchev–Trinajstić information content (AvgIpc) is 2.65. The Morgan fingerprint density at radius 2 is 2.06 bits per heavy atom. The van der Waals surface area contributed by atoms with Gasteiger partial charge in [0.2, 0.25) is 0 Å². The Bertz CT molecular complexity index is 453. The van der Waals surface area contributed by atoms with Crippen molar-refractivity contribution in [1.82, 2.24) is 0 Å². The fourth-order valence-electron chi connectivity index (χ4n) is 2.54. The standard InChI is InChI=1S/C13H17NO2/c1-7-10(14)9-5-4-8-6-13(2,3)16-11(8)12(9)15-7/h4-5,7,10H,6,14H2,1-3H3. The molecule has 0 spiro atoms. The molecule has 3 heteroatoms. The van der Waals surface area contributed by atoms with Crippen LogP contribution in [0.2, 0.25) is 0 Å². The van der Waals surface area contributed by atoms with Gasteiger partial charge in [-0.1, -0.05) is 12.1 Å². The molecule has 2 aliphatic rings. The molecule has 2 aliphatic heterocycles. The van der Waals surface area contributed by atoms with Crippen molar-refractivity contribution in [2.45, 2.75) is 44.9 Å². The second-order valence-electron chi connectivity index (χ2n) is 5.36. The molecule has 16 heavy (non-hydrogen) atoms. The Labute approximate surface area is 95.5 Å². The largest absolute Gasteiger partial charge is 0.484 e. The number of rotatable bonds is 0. The molecule has 2 N–H and O–H groups in total. The van der Waals surface area contributed by atoms with Crippen LogP contribution < -0.4 is 15.2 Å². The van der Waals surface area contributed by atoms with Gasteiger partial charge in [-0.2, -0.15) is 0 Å². The van der Waals surface area contributed by atoms with Gasteiger partial charge in [-0.05, 0) is 20.8 Å². The summed E-state index contributed by atoms with van der Waals surface area (Å²) in [6, 6.07) is 4.16. The van der Waals surface area contributed by atoms with E-state index in [9.17, 15) is 0 Å². The van der Waals surface area contributed by atoms with Crippen LogP contribution in [0.4, 0.5) is 0 Å². The highest BCUT2D eigenvalue weighted by Crippen LogP contribution is 2.49. The van der Waals surface area contributed by atoms with E-state index in [1.807, 2.05) is 6.92 Å². The highest BCUT2D eigenvalue weighted by Gasteiger charge is 2.38. The van der Waals surface area contributed by atoms with E-state index in [0.29, 0.717) is 0 Å². The quantitative estimate of drug-likeness (QED) is 0.727. The van der Waals surface area contributed by atoms with Crippen LogP contribution in [0.3, 0.4) is 0 Å². The van der Waals surface area contributed by atoms with E-state index < -0.39 is 0 Å². The van der Waals surface area contributed by atoms with Gasteiger partial charge in [-0.25, -0.2) is 0 Å². The first-order valence-corrected chi connectivity index (χ1v) is 5.75. The summed E-state index contributed by atoms with van der Waals surface area (Å²) in [4.78, 5) is 0. The summed E-state index contributed by atoms with van der Waals surface area (Å²) >= 11 is 0. The maximum Gasteiger partial charge on any atom is 0.166 e. The highest BCUT2D eigenvalue weighted by molar-refractivity contribution is 5.57. The zero-order valence-electron chi connectivity index (χ0n) is 9.91. The summed E-state index contributed by atoms with van der Waals surface area (Å²) in [6.07, 6.45) is 0.969. The number of nitrogens with two attached hydrogens (primary N) is 1. The molecule has 3 nitrogen and oxygen atoms in total. The van der Waals surface area contributed by atoms with Crippen LogP contribution >= 0.6 is 0 Å². The Hall–Kier alpha value is -1.22. The van der Waals surface area contributed by atoms with Crippen LogP contribution in [0, 0.1) is 0 Å². The minimum absolute atomic E-state index is 0.0346. The predicted molar refractivity (Wildman–Crippen MR) is 61.9 cm³/mol. The minimum atomic E-state index is -0.128. The van der Waals surface area contributed by atoms with E-state index in [1.165, 1.54) is 5.56 Å². The van der Waals surface area contributed by atoms with E-state index in [-0.39, 0.29) is 17.7 Å². The van der Waals surface area contributed by atoms with Gasteiger partial charge in [-0.3, -0.25) is 0 Å². The van der Waals surface area contributed by atoms with Gasteiger partial charge >= 0.3 is 0 Å². The van der Waals surface area contributed by atoms with E-state index >= 15 is 0 Å². The summed E-state index contributed by atoms with van der Waals surface area (Å²) in [7, 11) is 0. The lowest BCUT2D eigenvalue weighted by Gasteiger charge is -2.17. The van der Waals surface area contributed by atoms with Crippen molar-refractivity contribution in [3.8, 4) is 11.5 Å². The minimum Gasteiger partial charge on any atom is -0.484 e. The highest BCUT2D eigenvalue weighted by atomic mass is 16.5. The molecule has 1 aromatic rings. The molecule has 86 valence electrons. The van der Waals surface area contributed by atoms with Crippen molar-refractivity contribution in [3.63, 3.8) is 0 Å². The third-order valence-corrected chi connectivity index (χ3v) is 3.39. The normalized spacial score (nSPS) is 29.2. The zero-order chi connectivity index (χ0) is 11.5. The summed E-state index contributed by atoms with van der Waals surface area (Å²) in [6.45, 7) is 6.19. The van der Waals surface area contributed by atoms with Crippen molar-refractivity contribution in [2.24, 2.45) is 5.73 Å². The molecular formula is C13H17NO2. The van der Waals surface area contributed by atoms with Gasteiger partial charge in [0.15, 0.2) is 11.5 Å². The van der Waals surface area contributed by atoms with Crippen molar-refractivity contribution in [1.29, 1.82) is 0 Å². The monoisotopic (exact) mass is 219 g/mol. The summed E-state index contributed by atoms with van der Waals surface area (Å²) in [5, 5.41) is 0. The van der Waals surface area contributed by atoms with Crippen LogP contribution in [0.15, 0.2) is 12.1 Å². The molecule has 0 radical (unpaired) electrons. The number of fused-ring (bicyclic) bond motifs is 3. The summed E-state index contributed by atoms with van der Waals surface area (Å²) < 4.78 is 11.8. The van der Waals surface area contributed by atoms with E-state index in [0.717, 1.165) is 23.5 Å². The lowest BCUT2D eigenvalue weighted by molar-refractivity contribution is 0.129. The molecule has 2 heterocycles. The van der Waals surface area contributed by atoms with Crippen LogP contribution in [-0.2, 0) is 6.42 Å². The predicted octanol–water partition coefficient (Wildman–Crippen LogP) is 2.18. The van der Waals surface area contributed by atoms with E-state index in [2.05, 4.69) is 26.0 Å². The van der Waals surface area contributed by atoms with Crippen molar-refractivity contribution < 1.29 is 9.47 Å². The molecule has 0 aliphatic carbocycles. The summed E-state index contributed by atoms with van der Waals surface area (Å²) in [5.74, 6) is 1.77. The molecule has 2 unspecified atom stereocenters. The van der Waals surface area contributed by atoms with Gasteiger partial charge in [0.05, 0.1) is 6.04 Å². The van der Waals surface area contributed by atoms with Gasteiger partial charge in [-0.15, -0.1) is 0 Å². The first-order valence-electron chi connectivity index (χ1n) is 5.75. The maximum absolute atomic E-state index is 6.07. The fraction of sp³-hybridized carbons (Fsp3) is 0.538. The van der Waals surface area contributed by atoms with E-state index in [4.69, 9.17) is 15.2 Å². The first kappa shape index (κ1) is 9.97. The van der Waals surface area contributed by atoms with Crippen LogP contribution in [0.25, 0.3) is 0 Å². The molecule has 0 saturated carbocycles. The Morgan fingerprint density at radius 3 is 2.81 bits per heavy atom. The van der Waals surface area contributed by atoms with Crippen LogP contribution in [0.5, 0.6) is 11.5 Å². The molecule has 2 atom stereocenters. The SMILES string of the molecule is CC1Oc2c(ccc3c2OC(C)(C)C3)C1N. The fourth-order valence-corrected chi connectivity index (χ4v) is 2.54. The third-order valence-electron chi connectivity index (χ3n) is 3.39. The molecule has 0 aromatic heterocycles. The number of hydrogen-bond donors (Lipinski definition) is 1. The molecule has 0 saturated heterocycles. The first-order chi connectivity index (χ1) is 7.48. The molecule has 0 fully saturated rings. The van der Waals surface area contributed by atoms with Crippen molar-refractivity contribution in [2.75, 3.05) is 0 Å². The van der Waals surface area contributed by atoms with Gasteiger partial charge in [0.1, 0.15) is 11.7 Å². The molecule has 0 amide bonds. The molecule has 3 rings (SSSR count). The number of benzene rings is 1. The lowest BCUT2D eigenvalue weighted by atomic mass is 9.99. The van der Waals surface area contributed by atoms with Crippen molar-refractivity contribution in [3.05, 3.63) is 23.3 Å². The topological polar surface area (TPSA) is 44.5 Å².